The molecule has 2 unspecified atom stereocenters. The molecule has 1 aromatic carbocycles. The lowest BCUT2D eigenvalue weighted by atomic mass is 9.97. The SMILES string of the molecule is CC(CC(=O)N(C)CCC1CCCCO1)c1ccccc1. The predicted molar refractivity (Wildman–Crippen MR) is 85.3 cm³/mol. The van der Waals surface area contributed by atoms with E-state index in [4.69, 9.17) is 4.74 Å². The average Bonchev–Trinajstić information content (AvgIpc) is 2.54. The molecule has 0 aliphatic carbocycles. The maximum atomic E-state index is 12.3. The molecule has 1 aliphatic rings. The molecule has 0 spiro atoms. The number of hydrogen-bond acceptors (Lipinski definition) is 2. The highest BCUT2D eigenvalue weighted by molar-refractivity contribution is 5.76. The van der Waals surface area contributed by atoms with Crippen LogP contribution in [0.15, 0.2) is 30.3 Å². The minimum absolute atomic E-state index is 0.224. The standard InChI is InChI=1S/C18H27NO2/c1-15(16-8-4-3-5-9-16)14-18(20)19(2)12-11-17-10-6-7-13-21-17/h3-5,8-9,15,17H,6-7,10-14H2,1-2H3. The third-order valence-corrected chi connectivity index (χ3v) is 4.34. The zero-order valence-electron chi connectivity index (χ0n) is 13.3. The van der Waals surface area contributed by atoms with E-state index in [1.165, 1.54) is 18.4 Å². The summed E-state index contributed by atoms with van der Waals surface area (Å²) in [6.07, 6.45) is 5.46. The van der Waals surface area contributed by atoms with Gasteiger partial charge in [-0.1, -0.05) is 37.3 Å². The zero-order valence-corrected chi connectivity index (χ0v) is 13.3. The van der Waals surface area contributed by atoms with E-state index >= 15 is 0 Å². The van der Waals surface area contributed by atoms with Gasteiger partial charge in [0.25, 0.3) is 0 Å². The lowest BCUT2D eigenvalue weighted by Crippen LogP contribution is -2.32. The summed E-state index contributed by atoms with van der Waals surface area (Å²) in [6, 6.07) is 10.2. The van der Waals surface area contributed by atoms with Crippen molar-refractivity contribution in [1.29, 1.82) is 0 Å². The Balaban J connectivity index is 1.74. The van der Waals surface area contributed by atoms with E-state index in [1.807, 2.05) is 30.1 Å². The molecular formula is C18H27NO2. The van der Waals surface area contributed by atoms with Crippen molar-refractivity contribution in [2.24, 2.45) is 0 Å². The number of ether oxygens (including phenoxy) is 1. The first-order valence-corrected chi connectivity index (χ1v) is 8.07. The molecule has 116 valence electrons. The van der Waals surface area contributed by atoms with Crippen LogP contribution in [0.2, 0.25) is 0 Å². The highest BCUT2D eigenvalue weighted by atomic mass is 16.5. The summed E-state index contributed by atoms with van der Waals surface area (Å²) in [4.78, 5) is 14.1. The van der Waals surface area contributed by atoms with Crippen LogP contribution in [0.1, 0.15) is 50.5 Å². The molecule has 0 bridgehead atoms. The van der Waals surface area contributed by atoms with E-state index in [9.17, 15) is 4.79 Å². The van der Waals surface area contributed by atoms with E-state index in [-0.39, 0.29) is 11.8 Å². The van der Waals surface area contributed by atoms with Gasteiger partial charge in [-0.3, -0.25) is 4.79 Å². The first-order chi connectivity index (χ1) is 10.2. The summed E-state index contributed by atoms with van der Waals surface area (Å²) >= 11 is 0. The number of carbonyl (C=O) groups is 1. The van der Waals surface area contributed by atoms with Crippen molar-refractivity contribution < 1.29 is 9.53 Å². The van der Waals surface area contributed by atoms with E-state index < -0.39 is 0 Å². The summed E-state index contributed by atoms with van der Waals surface area (Å²) < 4.78 is 5.72. The van der Waals surface area contributed by atoms with Gasteiger partial charge in [0, 0.05) is 26.6 Å². The van der Waals surface area contributed by atoms with Crippen molar-refractivity contribution in [1.82, 2.24) is 4.90 Å². The van der Waals surface area contributed by atoms with Crippen LogP contribution < -0.4 is 0 Å². The fraction of sp³-hybridized carbons (Fsp3) is 0.611. The predicted octanol–water partition coefficient (Wildman–Crippen LogP) is 3.60. The second-order valence-electron chi connectivity index (χ2n) is 6.11. The quantitative estimate of drug-likeness (QED) is 0.801. The molecule has 0 saturated carbocycles. The number of nitrogens with zero attached hydrogens (tertiary/aromatic N) is 1. The molecule has 2 atom stereocenters. The third kappa shape index (κ3) is 5.16. The van der Waals surface area contributed by atoms with Crippen molar-refractivity contribution in [2.45, 2.75) is 51.0 Å². The molecule has 1 fully saturated rings. The van der Waals surface area contributed by atoms with Crippen LogP contribution >= 0.6 is 0 Å². The van der Waals surface area contributed by atoms with Gasteiger partial charge in [-0.05, 0) is 37.2 Å². The Labute approximate surface area is 128 Å². The largest absolute Gasteiger partial charge is 0.378 e. The highest BCUT2D eigenvalue weighted by Gasteiger charge is 2.18. The van der Waals surface area contributed by atoms with Gasteiger partial charge in [0.2, 0.25) is 5.91 Å². The Morgan fingerprint density at radius 3 is 2.76 bits per heavy atom. The molecule has 21 heavy (non-hydrogen) atoms. The molecule has 1 saturated heterocycles. The number of carbonyl (C=O) groups excluding carboxylic acids is 1. The Morgan fingerprint density at radius 2 is 2.10 bits per heavy atom. The van der Waals surface area contributed by atoms with Crippen molar-refractivity contribution >= 4 is 5.91 Å². The Bertz CT molecular complexity index is 426. The molecule has 3 nitrogen and oxygen atoms in total. The van der Waals surface area contributed by atoms with E-state index in [0.717, 1.165) is 26.0 Å². The Hall–Kier alpha value is -1.35. The van der Waals surface area contributed by atoms with Gasteiger partial charge >= 0.3 is 0 Å². The van der Waals surface area contributed by atoms with Crippen LogP contribution in [0, 0.1) is 0 Å². The highest BCUT2D eigenvalue weighted by Crippen LogP contribution is 2.20. The summed E-state index contributed by atoms with van der Waals surface area (Å²) in [5.74, 6) is 0.495. The second-order valence-corrected chi connectivity index (χ2v) is 6.11. The van der Waals surface area contributed by atoms with Crippen LogP contribution in [-0.4, -0.2) is 37.1 Å². The van der Waals surface area contributed by atoms with Crippen molar-refractivity contribution in [2.75, 3.05) is 20.2 Å². The lowest BCUT2D eigenvalue weighted by molar-refractivity contribution is -0.130. The number of hydrogen-bond donors (Lipinski definition) is 0. The molecule has 2 rings (SSSR count). The molecule has 0 radical (unpaired) electrons. The molecule has 0 aromatic heterocycles. The summed E-state index contributed by atoms with van der Waals surface area (Å²) in [5, 5.41) is 0. The molecule has 1 aromatic rings. The normalized spacial score (nSPS) is 20.0. The Kier molecular flexibility index (Phi) is 6.24. The summed E-state index contributed by atoms with van der Waals surface area (Å²) in [6.45, 7) is 3.80. The average molecular weight is 289 g/mol. The van der Waals surface area contributed by atoms with Crippen molar-refractivity contribution in [3.63, 3.8) is 0 Å². The first kappa shape index (κ1) is 16.0. The van der Waals surface area contributed by atoms with Crippen LogP contribution in [0.3, 0.4) is 0 Å². The van der Waals surface area contributed by atoms with Crippen molar-refractivity contribution in [3.8, 4) is 0 Å². The fourth-order valence-electron chi connectivity index (χ4n) is 2.81. The molecule has 1 aliphatic heterocycles. The molecule has 3 heteroatoms. The van der Waals surface area contributed by atoms with Gasteiger partial charge in [0.1, 0.15) is 0 Å². The van der Waals surface area contributed by atoms with Gasteiger partial charge < -0.3 is 9.64 Å². The molecule has 1 amide bonds. The summed E-state index contributed by atoms with van der Waals surface area (Å²) in [7, 11) is 1.91. The topological polar surface area (TPSA) is 29.5 Å². The molecule has 0 N–H and O–H groups in total. The monoisotopic (exact) mass is 289 g/mol. The van der Waals surface area contributed by atoms with Gasteiger partial charge in [0.05, 0.1) is 6.10 Å². The zero-order chi connectivity index (χ0) is 15.1. The van der Waals surface area contributed by atoms with Crippen LogP contribution in [0.4, 0.5) is 0 Å². The third-order valence-electron chi connectivity index (χ3n) is 4.34. The van der Waals surface area contributed by atoms with Crippen molar-refractivity contribution in [3.05, 3.63) is 35.9 Å². The van der Waals surface area contributed by atoms with Gasteiger partial charge in [-0.25, -0.2) is 0 Å². The molecule has 1 heterocycles. The van der Waals surface area contributed by atoms with E-state index in [1.54, 1.807) is 0 Å². The van der Waals surface area contributed by atoms with Crippen LogP contribution in [0.25, 0.3) is 0 Å². The number of amides is 1. The first-order valence-electron chi connectivity index (χ1n) is 8.07. The number of benzene rings is 1. The Morgan fingerprint density at radius 1 is 1.33 bits per heavy atom. The fourth-order valence-corrected chi connectivity index (χ4v) is 2.81. The van der Waals surface area contributed by atoms with E-state index in [2.05, 4.69) is 19.1 Å². The smallest absolute Gasteiger partial charge is 0.222 e. The number of rotatable bonds is 6. The minimum Gasteiger partial charge on any atom is -0.378 e. The van der Waals surface area contributed by atoms with E-state index in [0.29, 0.717) is 12.5 Å². The lowest BCUT2D eigenvalue weighted by Gasteiger charge is -2.26. The van der Waals surface area contributed by atoms with Gasteiger partial charge in [-0.2, -0.15) is 0 Å². The van der Waals surface area contributed by atoms with Gasteiger partial charge in [0.15, 0.2) is 0 Å². The van der Waals surface area contributed by atoms with Gasteiger partial charge in [-0.15, -0.1) is 0 Å². The van der Waals surface area contributed by atoms with Crippen LogP contribution in [0.5, 0.6) is 0 Å². The summed E-state index contributed by atoms with van der Waals surface area (Å²) in [5.41, 5.74) is 1.23. The van der Waals surface area contributed by atoms with Crippen LogP contribution in [-0.2, 0) is 9.53 Å². The minimum atomic E-state index is 0.224. The molecular weight excluding hydrogens is 262 g/mol. The second kappa shape index (κ2) is 8.18. The maximum absolute atomic E-state index is 12.3. The maximum Gasteiger partial charge on any atom is 0.222 e.